The van der Waals surface area contributed by atoms with Crippen LogP contribution in [0.15, 0.2) is 0 Å². The summed E-state index contributed by atoms with van der Waals surface area (Å²) in [7, 11) is 0. The molecule has 0 bridgehead atoms. The lowest BCUT2D eigenvalue weighted by Crippen LogP contribution is -2.35. The van der Waals surface area contributed by atoms with Crippen LogP contribution in [0.1, 0.15) is 61.9 Å². The third-order valence-electron chi connectivity index (χ3n) is 3.49. The molecule has 0 amide bonds. The molecule has 1 aliphatic heterocycles. The van der Waals surface area contributed by atoms with Gasteiger partial charge in [-0.25, -0.2) is 4.98 Å². The van der Waals surface area contributed by atoms with Gasteiger partial charge in [-0.15, -0.1) is 23.1 Å². The lowest BCUT2D eigenvalue weighted by atomic mass is 10.1. The molecule has 0 aromatic carbocycles. The maximum atomic E-state index is 5.02. The molecule has 2 atom stereocenters. The van der Waals surface area contributed by atoms with Crippen LogP contribution in [-0.4, -0.2) is 27.3 Å². The predicted octanol–water partition coefficient (Wildman–Crippen LogP) is 4.89. The van der Waals surface area contributed by atoms with Gasteiger partial charge in [0.25, 0.3) is 0 Å². The number of thiazole rings is 1. The van der Waals surface area contributed by atoms with Crippen molar-refractivity contribution in [3.05, 3.63) is 15.6 Å². The SMILES string of the molecule is CCCc1nc(C2SCCSC2C)sc1CNC(C)(C)C. The molecular formula is C16H28N2S3. The molecular weight excluding hydrogens is 316 g/mol. The molecule has 2 nitrogen and oxygen atoms in total. The lowest BCUT2D eigenvalue weighted by molar-refractivity contribution is 0.425. The van der Waals surface area contributed by atoms with Gasteiger partial charge in [0.1, 0.15) is 5.01 Å². The van der Waals surface area contributed by atoms with Crippen molar-refractivity contribution in [1.82, 2.24) is 10.3 Å². The maximum Gasteiger partial charge on any atom is 0.107 e. The standard InChI is InChI=1S/C16H28N2S3/c1-6-7-12-13(10-17-16(3,4)5)21-15(18-12)14-11(2)19-8-9-20-14/h11,14,17H,6-10H2,1-5H3. The molecule has 1 aliphatic rings. The van der Waals surface area contributed by atoms with Gasteiger partial charge in [-0.1, -0.05) is 20.3 Å². The summed E-state index contributed by atoms with van der Waals surface area (Å²) in [6.45, 7) is 12.2. The number of rotatable bonds is 5. The molecule has 0 saturated carbocycles. The molecule has 0 radical (unpaired) electrons. The molecule has 2 heterocycles. The number of hydrogen-bond donors (Lipinski definition) is 1. The van der Waals surface area contributed by atoms with Crippen LogP contribution in [0.2, 0.25) is 0 Å². The summed E-state index contributed by atoms with van der Waals surface area (Å²) >= 11 is 6.13. The number of hydrogen-bond acceptors (Lipinski definition) is 5. The molecule has 0 spiro atoms. The Morgan fingerprint density at radius 2 is 1.95 bits per heavy atom. The summed E-state index contributed by atoms with van der Waals surface area (Å²) in [5.41, 5.74) is 1.49. The molecule has 1 fully saturated rings. The van der Waals surface area contributed by atoms with E-state index in [1.807, 2.05) is 11.3 Å². The van der Waals surface area contributed by atoms with Gasteiger partial charge < -0.3 is 5.32 Å². The normalized spacial score (nSPS) is 23.5. The minimum atomic E-state index is 0.163. The fraction of sp³-hybridized carbons (Fsp3) is 0.812. The van der Waals surface area contributed by atoms with Gasteiger partial charge in [-0.2, -0.15) is 11.8 Å². The van der Waals surface area contributed by atoms with Gasteiger partial charge in [0.05, 0.1) is 10.9 Å². The zero-order valence-electron chi connectivity index (χ0n) is 13.9. The molecule has 5 heteroatoms. The van der Waals surface area contributed by atoms with Crippen molar-refractivity contribution in [3.63, 3.8) is 0 Å². The Bertz CT molecular complexity index is 451. The zero-order valence-corrected chi connectivity index (χ0v) is 16.3. The quantitative estimate of drug-likeness (QED) is 0.822. The minimum absolute atomic E-state index is 0.163. The van der Waals surface area contributed by atoms with E-state index in [0.717, 1.165) is 13.0 Å². The van der Waals surface area contributed by atoms with Crippen molar-refractivity contribution < 1.29 is 0 Å². The topological polar surface area (TPSA) is 24.9 Å². The van der Waals surface area contributed by atoms with Gasteiger partial charge in [0.15, 0.2) is 0 Å². The second-order valence-electron chi connectivity index (χ2n) is 6.64. The Balaban J connectivity index is 2.15. The van der Waals surface area contributed by atoms with Gasteiger partial charge in [-0.05, 0) is 27.2 Å². The summed E-state index contributed by atoms with van der Waals surface area (Å²) in [5, 5.41) is 6.26. The molecule has 21 heavy (non-hydrogen) atoms. The number of nitrogens with one attached hydrogen (secondary N) is 1. The molecule has 2 unspecified atom stereocenters. The zero-order chi connectivity index (χ0) is 15.5. The monoisotopic (exact) mass is 344 g/mol. The van der Waals surface area contributed by atoms with Crippen LogP contribution in [0.25, 0.3) is 0 Å². The number of thioether (sulfide) groups is 2. The van der Waals surface area contributed by atoms with Crippen molar-refractivity contribution in [2.24, 2.45) is 0 Å². The Labute approximate surface area is 142 Å². The van der Waals surface area contributed by atoms with E-state index in [1.54, 1.807) is 0 Å². The van der Waals surface area contributed by atoms with Crippen molar-refractivity contribution in [2.75, 3.05) is 11.5 Å². The Morgan fingerprint density at radius 1 is 1.24 bits per heavy atom. The molecule has 1 saturated heterocycles. The molecule has 1 aromatic rings. The first kappa shape index (κ1) is 17.6. The van der Waals surface area contributed by atoms with Crippen molar-refractivity contribution in [1.29, 1.82) is 0 Å². The fourth-order valence-corrected chi connectivity index (χ4v) is 6.55. The summed E-state index contributed by atoms with van der Waals surface area (Å²) < 4.78 is 0. The van der Waals surface area contributed by atoms with E-state index < -0.39 is 0 Å². The molecule has 1 N–H and O–H groups in total. The van der Waals surface area contributed by atoms with Crippen LogP contribution in [0.3, 0.4) is 0 Å². The first-order valence-electron chi connectivity index (χ1n) is 7.87. The van der Waals surface area contributed by atoms with Crippen LogP contribution >= 0.6 is 34.9 Å². The van der Waals surface area contributed by atoms with Crippen molar-refractivity contribution >= 4 is 34.9 Å². The Morgan fingerprint density at radius 3 is 2.57 bits per heavy atom. The van der Waals surface area contributed by atoms with E-state index in [9.17, 15) is 0 Å². The first-order chi connectivity index (χ1) is 9.90. The number of nitrogens with zero attached hydrogens (tertiary/aromatic N) is 1. The first-order valence-corrected chi connectivity index (χ1v) is 10.8. The number of aromatic nitrogens is 1. The summed E-state index contributed by atoms with van der Waals surface area (Å²) in [5.74, 6) is 2.55. The van der Waals surface area contributed by atoms with Crippen LogP contribution in [0.4, 0.5) is 0 Å². The van der Waals surface area contributed by atoms with Crippen molar-refractivity contribution in [3.8, 4) is 0 Å². The smallest absolute Gasteiger partial charge is 0.107 e. The van der Waals surface area contributed by atoms with E-state index in [4.69, 9.17) is 4.98 Å². The molecule has 120 valence electrons. The van der Waals surface area contributed by atoms with E-state index in [1.165, 1.54) is 33.5 Å². The summed E-state index contributed by atoms with van der Waals surface area (Å²) in [4.78, 5) is 6.47. The van der Waals surface area contributed by atoms with Gasteiger partial charge in [0, 0.05) is 33.7 Å². The van der Waals surface area contributed by atoms with Gasteiger partial charge in [0.2, 0.25) is 0 Å². The largest absolute Gasteiger partial charge is 0.307 e. The minimum Gasteiger partial charge on any atom is -0.307 e. The summed E-state index contributed by atoms with van der Waals surface area (Å²) in [6, 6.07) is 0. The Hall–Kier alpha value is 0.290. The van der Waals surface area contributed by atoms with E-state index in [-0.39, 0.29) is 5.54 Å². The van der Waals surface area contributed by atoms with Crippen LogP contribution in [-0.2, 0) is 13.0 Å². The average Bonchev–Trinajstić information content (AvgIpc) is 2.80. The average molecular weight is 345 g/mol. The van der Waals surface area contributed by atoms with Gasteiger partial charge >= 0.3 is 0 Å². The van der Waals surface area contributed by atoms with Crippen LogP contribution in [0, 0.1) is 0 Å². The predicted molar refractivity (Wildman–Crippen MR) is 99.8 cm³/mol. The third kappa shape index (κ3) is 5.15. The highest BCUT2D eigenvalue weighted by molar-refractivity contribution is 8.06. The summed E-state index contributed by atoms with van der Waals surface area (Å²) in [6.07, 6.45) is 2.28. The highest BCUT2D eigenvalue weighted by Crippen LogP contribution is 2.44. The highest BCUT2D eigenvalue weighted by atomic mass is 32.2. The van der Waals surface area contributed by atoms with E-state index in [0.29, 0.717) is 10.5 Å². The van der Waals surface area contributed by atoms with Crippen molar-refractivity contribution in [2.45, 2.75) is 70.0 Å². The lowest BCUT2D eigenvalue weighted by Gasteiger charge is -2.26. The fourth-order valence-electron chi connectivity index (χ4n) is 2.34. The molecule has 0 aliphatic carbocycles. The molecule has 1 aromatic heterocycles. The van der Waals surface area contributed by atoms with E-state index in [2.05, 4.69) is 63.5 Å². The second kappa shape index (κ2) is 7.71. The molecule has 2 rings (SSSR count). The van der Waals surface area contributed by atoms with Gasteiger partial charge in [-0.3, -0.25) is 0 Å². The third-order valence-corrected chi connectivity index (χ3v) is 7.92. The second-order valence-corrected chi connectivity index (χ2v) is 10.5. The highest BCUT2D eigenvalue weighted by Gasteiger charge is 2.28. The number of aryl methyl sites for hydroxylation is 1. The van der Waals surface area contributed by atoms with Crippen LogP contribution < -0.4 is 5.32 Å². The van der Waals surface area contributed by atoms with E-state index >= 15 is 0 Å². The maximum absolute atomic E-state index is 5.02. The Kier molecular flexibility index (Phi) is 6.48. The van der Waals surface area contributed by atoms with Crippen LogP contribution in [0.5, 0.6) is 0 Å².